The van der Waals surface area contributed by atoms with Crippen molar-refractivity contribution in [2.24, 2.45) is 0 Å². The molecular formula is C19H21N5O4S. The highest BCUT2D eigenvalue weighted by atomic mass is 32.2. The fourth-order valence-electron chi connectivity index (χ4n) is 3.72. The number of hydrogen-bond acceptors (Lipinski definition) is 6. The number of hydrogen-bond donors (Lipinski definition) is 1. The molecule has 0 radical (unpaired) electrons. The van der Waals surface area contributed by atoms with Crippen LogP contribution in [-0.2, 0) is 21.2 Å². The lowest BCUT2D eigenvalue weighted by molar-refractivity contribution is -0.116. The number of anilines is 1. The van der Waals surface area contributed by atoms with E-state index in [1.807, 2.05) is 32.0 Å². The number of carbonyl (C=O) groups excluding carboxylic acids is 1. The van der Waals surface area contributed by atoms with Gasteiger partial charge in [0.1, 0.15) is 18.3 Å². The Balaban J connectivity index is 1.57. The minimum absolute atomic E-state index is 0.00708. The standard InChI is InChI=1S/C19H21N5O4S/c1-12-5-13(2)7-14(6-12)22-17(25)9-23-11-20-18-16(19(23)26)8-21-24(18)15-3-4-29(27,28)10-15/h5-8,11,15H,3-4,9-10H2,1-2H3,(H,22,25)/t15-/m1/s1. The fraction of sp³-hybridized carbons (Fsp3) is 0.368. The number of aryl methyl sites for hydroxylation is 2. The van der Waals surface area contributed by atoms with Crippen LogP contribution in [0, 0.1) is 13.8 Å². The van der Waals surface area contributed by atoms with Gasteiger partial charge in [0.25, 0.3) is 5.56 Å². The molecule has 10 heteroatoms. The van der Waals surface area contributed by atoms with Crippen molar-refractivity contribution in [3.05, 3.63) is 52.2 Å². The Morgan fingerprint density at radius 1 is 1.24 bits per heavy atom. The molecule has 29 heavy (non-hydrogen) atoms. The Kier molecular flexibility index (Phi) is 4.73. The largest absolute Gasteiger partial charge is 0.325 e. The Labute approximate surface area is 167 Å². The number of carbonyl (C=O) groups is 1. The van der Waals surface area contributed by atoms with Gasteiger partial charge >= 0.3 is 0 Å². The molecule has 152 valence electrons. The van der Waals surface area contributed by atoms with Crippen molar-refractivity contribution in [3.8, 4) is 0 Å². The molecule has 0 spiro atoms. The quantitative estimate of drug-likeness (QED) is 0.685. The summed E-state index contributed by atoms with van der Waals surface area (Å²) in [7, 11) is -3.09. The van der Waals surface area contributed by atoms with Crippen LogP contribution in [0.5, 0.6) is 0 Å². The van der Waals surface area contributed by atoms with Gasteiger partial charge in [-0.05, 0) is 43.5 Å². The van der Waals surface area contributed by atoms with Crippen LogP contribution in [0.3, 0.4) is 0 Å². The molecule has 0 aliphatic carbocycles. The minimum atomic E-state index is -3.09. The van der Waals surface area contributed by atoms with Crippen molar-refractivity contribution in [3.63, 3.8) is 0 Å². The van der Waals surface area contributed by atoms with Crippen molar-refractivity contribution in [1.29, 1.82) is 0 Å². The fourth-order valence-corrected chi connectivity index (χ4v) is 5.41. The molecule has 1 saturated heterocycles. The van der Waals surface area contributed by atoms with Crippen LogP contribution in [0.25, 0.3) is 11.0 Å². The molecule has 9 nitrogen and oxygen atoms in total. The van der Waals surface area contributed by atoms with Gasteiger partial charge in [-0.1, -0.05) is 6.07 Å². The predicted octanol–water partition coefficient (Wildman–Crippen LogP) is 1.21. The van der Waals surface area contributed by atoms with E-state index < -0.39 is 15.4 Å². The number of rotatable bonds is 4. The molecule has 1 atom stereocenters. The van der Waals surface area contributed by atoms with E-state index in [2.05, 4.69) is 15.4 Å². The van der Waals surface area contributed by atoms with E-state index in [4.69, 9.17) is 0 Å². The Morgan fingerprint density at radius 2 is 1.97 bits per heavy atom. The van der Waals surface area contributed by atoms with E-state index in [0.29, 0.717) is 17.8 Å². The number of nitrogens with one attached hydrogen (secondary N) is 1. The summed E-state index contributed by atoms with van der Waals surface area (Å²) >= 11 is 0. The van der Waals surface area contributed by atoms with Gasteiger partial charge in [0.15, 0.2) is 15.5 Å². The molecule has 0 saturated carbocycles. The zero-order valence-corrected chi connectivity index (χ0v) is 16.9. The summed E-state index contributed by atoms with van der Waals surface area (Å²) in [4.78, 5) is 29.4. The highest BCUT2D eigenvalue weighted by Gasteiger charge is 2.31. The van der Waals surface area contributed by atoms with Crippen molar-refractivity contribution < 1.29 is 13.2 Å². The maximum atomic E-state index is 12.8. The molecule has 0 bridgehead atoms. The van der Waals surface area contributed by atoms with Crippen LogP contribution in [-0.4, -0.2) is 45.2 Å². The van der Waals surface area contributed by atoms with Crippen LogP contribution in [0.2, 0.25) is 0 Å². The monoisotopic (exact) mass is 415 g/mol. The van der Waals surface area contributed by atoms with E-state index >= 15 is 0 Å². The third kappa shape index (κ3) is 3.93. The number of aromatic nitrogens is 4. The Hall–Kier alpha value is -3.01. The lowest BCUT2D eigenvalue weighted by Crippen LogP contribution is -2.28. The maximum absolute atomic E-state index is 12.8. The first kappa shape index (κ1) is 19.3. The average molecular weight is 415 g/mol. The van der Waals surface area contributed by atoms with Crippen molar-refractivity contribution in [1.82, 2.24) is 19.3 Å². The number of benzene rings is 1. The second kappa shape index (κ2) is 7.11. The van der Waals surface area contributed by atoms with Crippen LogP contribution < -0.4 is 10.9 Å². The summed E-state index contributed by atoms with van der Waals surface area (Å²) < 4.78 is 26.2. The van der Waals surface area contributed by atoms with E-state index in [9.17, 15) is 18.0 Å². The van der Waals surface area contributed by atoms with Crippen molar-refractivity contribution >= 4 is 32.5 Å². The molecule has 2 aromatic heterocycles. The van der Waals surface area contributed by atoms with E-state index in [1.54, 1.807) is 0 Å². The van der Waals surface area contributed by atoms with Gasteiger partial charge in [0.2, 0.25) is 5.91 Å². The molecule has 1 N–H and O–H groups in total. The second-order valence-electron chi connectivity index (χ2n) is 7.49. The first-order valence-corrected chi connectivity index (χ1v) is 11.1. The first-order chi connectivity index (χ1) is 13.7. The first-order valence-electron chi connectivity index (χ1n) is 9.23. The molecule has 0 unspecified atom stereocenters. The number of amides is 1. The van der Waals surface area contributed by atoms with Gasteiger partial charge < -0.3 is 5.32 Å². The summed E-state index contributed by atoms with van der Waals surface area (Å²) in [6, 6.07) is 5.39. The lowest BCUT2D eigenvalue weighted by Gasteiger charge is -2.11. The second-order valence-corrected chi connectivity index (χ2v) is 9.71. The molecule has 3 heterocycles. The van der Waals surface area contributed by atoms with Crippen molar-refractivity contribution in [2.45, 2.75) is 32.9 Å². The molecule has 4 rings (SSSR count). The van der Waals surface area contributed by atoms with E-state index in [1.165, 1.54) is 21.8 Å². The van der Waals surface area contributed by atoms with Gasteiger partial charge in [-0.2, -0.15) is 5.10 Å². The topological polar surface area (TPSA) is 116 Å². The van der Waals surface area contributed by atoms with E-state index in [-0.39, 0.29) is 35.4 Å². The SMILES string of the molecule is Cc1cc(C)cc(NC(=O)Cn2cnc3c(cnn3[C@@H]3CCS(=O)(=O)C3)c2=O)c1. The number of nitrogens with zero attached hydrogens (tertiary/aromatic N) is 4. The zero-order valence-electron chi connectivity index (χ0n) is 16.1. The minimum Gasteiger partial charge on any atom is -0.325 e. The highest BCUT2D eigenvalue weighted by Crippen LogP contribution is 2.25. The maximum Gasteiger partial charge on any atom is 0.264 e. The number of fused-ring (bicyclic) bond motifs is 1. The molecule has 1 fully saturated rings. The molecule has 3 aromatic rings. The lowest BCUT2D eigenvalue weighted by atomic mass is 10.1. The summed E-state index contributed by atoms with van der Waals surface area (Å²) in [5, 5.41) is 7.24. The third-order valence-electron chi connectivity index (χ3n) is 4.95. The van der Waals surface area contributed by atoms with Crippen LogP contribution in [0.1, 0.15) is 23.6 Å². The van der Waals surface area contributed by atoms with Crippen LogP contribution in [0.4, 0.5) is 5.69 Å². The summed E-state index contributed by atoms with van der Waals surface area (Å²) in [6.07, 6.45) is 3.13. The number of sulfone groups is 1. The van der Waals surface area contributed by atoms with E-state index in [0.717, 1.165) is 11.1 Å². The molecular weight excluding hydrogens is 394 g/mol. The molecule has 1 aliphatic rings. The van der Waals surface area contributed by atoms with Crippen LogP contribution in [0.15, 0.2) is 35.5 Å². The normalized spacial score (nSPS) is 18.2. The summed E-state index contributed by atoms with van der Waals surface area (Å²) in [6.45, 7) is 3.70. The highest BCUT2D eigenvalue weighted by molar-refractivity contribution is 7.91. The smallest absolute Gasteiger partial charge is 0.264 e. The Morgan fingerprint density at radius 3 is 2.62 bits per heavy atom. The zero-order chi connectivity index (χ0) is 20.8. The average Bonchev–Trinajstić information content (AvgIpc) is 3.19. The van der Waals surface area contributed by atoms with Gasteiger partial charge in [-0.15, -0.1) is 0 Å². The Bertz CT molecular complexity index is 1260. The molecule has 1 aromatic carbocycles. The van der Waals surface area contributed by atoms with Crippen molar-refractivity contribution in [2.75, 3.05) is 16.8 Å². The molecule has 1 amide bonds. The summed E-state index contributed by atoms with van der Waals surface area (Å²) in [5.74, 6) is -0.241. The predicted molar refractivity (Wildman–Crippen MR) is 109 cm³/mol. The van der Waals surface area contributed by atoms with Gasteiger partial charge in [0, 0.05) is 5.69 Å². The van der Waals surface area contributed by atoms with Crippen LogP contribution >= 0.6 is 0 Å². The third-order valence-corrected chi connectivity index (χ3v) is 6.70. The van der Waals surface area contributed by atoms with Gasteiger partial charge in [0.05, 0.1) is 23.7 Å². The van der Waals surface area contributed by atoms with Gasteiger partial charge in [-0.3, -0.25) is 14.2 Å². The summed E-state index contributed by atoms with van der Waals surface area (Å²) in [5.41, 5.74) is 2.68. The molecule has 1 aliphatic heterocycles. The van der Waals surface area contributed by atoms with Gasteiger partial charge in [-0.25, -0.2) is 18.1 Å².